The van der Waals surface area contributed by atoms with Crippen LogP contribution < -0.4 is 4.90 Å². The Morgan fingerprint density at radius 1 is 0.900 bits per heavy atom. The number of hydrogen-bond donors (Lipinski definition) is 1. The maximum Gasteiger partial charge on any atom is 0.123 e. The SMILES string of the molecule is OC1CCC(N2CCN(c3ccc(F)cc3)CC2)CC1. The fraction of sp³-hybridized carbons (Fsp3) is 0.625. The molecule has 3 nitrogen and oxygen atoms in total. The number of piperazine rings is 1. The minimum atomic E-state index is -0.173. The van der Waals surface area contributed by atoms with Crippen molar-refractivity contribution in [2.45, 2.75) is 37.8 Å². The molecule has 1 aliphatic heterocycles. The Morgan fingerprint density at radius 3 is 2.10 bits per heavy atom. The molecule has 1 aromatic rings. The third-order valence-electron chi connectivity index (χ3n) is 4.69. The predicted octanol–water partition coefficient (Wildman–Crippen LogP) is 2.25. The van der Waals surface area contributed by atoms with Crippen molar-refractivity contribution in [3.8, 4) is 0 Å². The molecule has 0 atom stereocenters. The van der Waals surface area contributed by atoms with Gasteiger partial charge in [-0.1, -0.05) is 0 Å². The monoisotopic (exact) mass is 278 g/mol. The number of aliphatic hydroxyl groups is 1. The third kappa shape index (κ3) is 3.13. The van der Waals surface area contributed by atoms with Gasteiger partial charge in [0.2, 0.25) is 0 Å². The third-order valence-corrected chi connectivity index (χ3v) is 4.69. The maximum absolute atomic E-state index is 12.9. The minimum absolute atomic E-state index is 0.0771. The number of rotatable bonds is 2. The summed E-state index contributed by atoms with van der Waals surface area (Å²) in [5, 5.41) is 9.58. The van der Waals surface area contributed by atoms with Crippen molar-refractivity contribution in [3.05, 3.63) is 30.1 Å². The van der Waals surface area contributed by atoms with E-state index in [0.717, 1.165) is 57.5 Å². The van der Waals surface area contributed by atoms with Gasteiger partial charge in [-0.25, -0.2) is 4.39 Å². The second-order valence-corrected chi connectivity index (χ2v) is 5.96. The van der Waals surface area contributed by atoms with Crippen LogP contribution >= 0.6 is 0 Å². The molecule has 3 rings (SSSR count). The lowest BCUT2D eigenvalue weighted by molar-refractivity contribution is 0.0711. The van der Waals surface area contributed by atoms with Crippen LogP contribution in [-0.4, -0.2) is 48.3 Å². The molecule has 1 saturated carbocycles. The Balaban J connectivity index is 1.53. The number of benzene rings is 1. The van der Waals surface area contributed by atoms with Crippen LogP contribution in [0.1, 0.15) is 25.7 Å². The van der Waals surface area contributed by atoms with Crippen LogP contribution in [0, 0.1) is 5.82 Å². The first-order valence-electron chi connectivity index (χ1n) is 7.65. The molecule has 0 amide bonds. The highest BCUT2D eigenvalue weighted by atomic mass is 19.1. The highest BCUT2D eigenvalue weighted by Crippen LogP contribution is 2.25. The highest BCUT2D eigenvalue weighted by molar-refractivity contribution is 5.46. The minimum Gasteiger partial charge on any atom is -0.393 e. The Hall–Kier alpha value is -1.13. The van der Waals surface area contributed by atoms with E-state index in [-0.39, 0.29) is 11.9 Å². The first-order valence-corrected chi connectivity index (χ1v) is 7.65. The van der Waals surface area contributed by atoms with Gasteiger partial charge in [-0.2, -0.15) is 0 Å². The van der Waals surface area contributed by atoms with Gasteiger partial charge in [0.25, 0.3) is 0 Å². The average molecular weight is 278 g/mol. The van der Waals surface area contributed by atoms with Crippen molar-refractivity contribution in [3.63, 3.8) is 0 Å². The molecule has 1 aliphatic carbocycles. The molecule has 0 unspecified atom stereocenters. The van der Waals surface area contributed by atoms with Crippen LogP contribution in [-0.2, 0) is 0 Å². The molecule has 1 aromatic carbocycles. The summed E-state index contributed by atoms with van der Waals surface area (Å²) in [6, 6.07) is 7.44. The first kappa shape index (κ1) is 13.8. The lowest BCUT2D eigenvalue weighted by Crippen LogP contribution is -2.51. The Morgan fingerprint density at radius 2 is 1.50 bits per heavy atom. The molecule has 4 heteroatoms. The number of aliphatic hydroxyl groups excluding tert-OH is 1. The van der Waals surface area contributed by atoms with Crippen molar-refractivity contribution in [2.75, 3.05) is 31.1 Å². The van der Waals surface area contributed by atoms with Crippen LogP contribution in [0.25, 0.3) is 0 Å². The summed E-state index contributed by atoms with van der Waals surface area (Å²) in [7, 11) is 0. The number of halogens is 1. The second kappa shape index (κ2) is 6.10. The second-order valence-electron chi connectivity index (χ2n) is 5.96. The number of hydrogen-bond acceptors (Lipinski definition) is 3. The Bertz CT molecular complexity index is 421. The van der Waals surface area contributed by atoms with Crippen molar-refractivity contribution >= 4 is 5.69 Å². The van der Waals surface area contributed by atoms with Gasteiger partial charge in [-0.15, -0.1) is 0 Å². The fourth-order valence-corrected chi connectivity index (χ4v) is 3.42. The molecule has 0 spiro atoms. The van der Waals surface area contributed by atoms with E-state index in [0.29, 0.717) is 6.04 Å². The molecular formula is C16H23FN2O. The molecule has 1 N–H and O–H groups in total. The van der Waals surface area contributed by atoms with Crippen LogP contribution in [0.2, 0.25) is 0 Å². The van der Waals surface area contributed by atoms with E-state index >= 15 is 0 Å². The lowest BCUT2D eigenvalue weighted by atomic mass is 9.91. The highest BCUT2D eigenvalue weighted by Gasteiger charge is 2.27. The van der Waals surface area contributed by atoms with Crippen LogP contribution in [0.4, 0.5) is 10.1 Å². The smallest absolute Gasteiger partial charge is 0.123 e. The van der Waals surface area contributed by atoms with Crippen LogP contribution in [0.5, 0.6) is 0 Å². The number of nitrogens with zero attached hydrogens (tertiary/aromatic N) is 2. The van der Waals surface area contributed by atoms with Crippen molar-refractivity contribution in [2.24, 2.45) is 0 Å². The summed E-state index contributed by atoms with van der Waals surface area (Å²) in [4.78, 5) is 4.89. The Kier molecular flexibility index (Phi) is 4.22. The Labute approximate surface area is 120 Å². The van der Waals surface area contributed by atoms with E-state index in [1.807, 2.05) is 12.1 Å². The van der Waals surface area contributed by atoms with Gasteiger partial charge in [0.1, 0.15) is 5.82 Å². The molecule has 110 valence electrons. The quantitative estimate of drug-likeness (QED) is 0.899. The van der Waals surface area contributed by atoms with Gasteiger partial charge in [0.15, 0.2) is 0 Å². The molecule has 2 aliphatic rings. The van der Waals surface area contributed by atoms with E-state index in [1.54, 1.807) is 0 Å². The normalized spacial score (nSPS) is 28.6. The first-order chi connectivity index (χ1) is 9.72. The molecule has 1 saturated heterocycles. The average Bonchev–Trinajstić information content (AvgIpc) is 2.49. The summed E-state index contributed by atoms with van der Waals surface area (Å²) in [6.45, 7) is 4.14. The van der Waals surface area contributed by atoms with Crippen molar-refractivity contribution in [1.82, 2.24) is 4.90 Å². The van der Waals surface area contributed by atoms with Gasteiger partial charge >= 0.3 is 0 Å². The summed E-state index contributed by atoms with van der Waals surface area (Å²) in [5.41, 5.74) is 1.12. The zero-order valence-electron chi connectivity index (χ0n) is 11.8. The van der Waals surface area contributed by atoms with E-state index in [9.17, 15) is 9.50 Å². The molecule has 2 fully saturated rings. The molecule has 0 bridgehead atoms. The van der Waals surface area contributed by atoms with Crippen LogP contribution in [0.15, 0.2) is 24.3 Å². The lowest BCUT2D eigenvalue weighted by Gasteiger charge is -2.42. The standard InChI is InChI=1S/C16H23FN2O/c17-13-1-3-14(4-2-13)18-9-11-19(12-10-18)15-5-7-16(20)8-6-15/h1-4,15-16,20H,5-12H2. The molecule has 1 heterocycles. The summed E-state index contributed by atoms with van der Waals surface area (Å²) < 4.78 is 12.9. The molecule has 0 radical (unpaired) electrons. The maximum atomic E-state index is 12.9. The summed E-state index contributed by atoms with van der Waals surface area (Å²) in [5.74, 6) is -0.173. The predicted molar refractivity (Wildman–Crippen MR) is 78.4 cm³/mol. The van der Waals surface area contributed by atoms with Crippen LogP contribution in [0.3, 0.4) is 0 Å². The zero-order valence-corrected chi connectivity index (χ0v) is 11.8. The van der Waals surface area contributed by atoms with Gasteiger partial charge in [-0.3, -0.25) is 4.90 Å². The van der Waals surface area contributed by atoms with Gasteiger partial charge in [0.05, 0.1) is 6.10 Å². The molecule has 0 aromatic heterocycles. The topological polar surface area (TPSA) is 26.7 Å². The largest absolute Gasteiger partial charge is 0.393 e. The zero-order chi connectivity index (χ0) is 13.9. The fourth-order valence-electron chi connectivity index (χ4n) is 3.42. The molecule has 20 heavy (non-hydrogen) atoms. The van der Waals surface area contributed by atoms with E-state index < -0.39 is 0 Å². The molecular weight excluding hydrogens is 255 g/mol. The summed E-state index contributed by atoms with van der Waals surface area (Å²) >= 11 is 0. The van der Waals surface area contributed by atoms with E-state index in [4.69, 9.17) is 0 Å². The van der Waals surface area contributed by atoms with E-state index in [2.05, 4.69) is 9.80 Å². The van der Waals surface area contributed by atoms with Crippen molar-refractivity contribution < 1.29 is 9.50 Å². The van der Waals surface area contributed by atoms with E-state index in [1.165, 1.54) is 12.1 Å². The van der Waals surface area contributed by atoms with Gasteiger partial charge in [-0.05, 0) is 49.9 Å². The summed E-state index contributed by atoms with van der Waals surface area (Å²) in [6.07, 6.45) is 4.06. The number of anilines is 1. The van der Waals surface area contributed by atoms with Crippen molar-refractivity contribution in [1.29, 1.82) is 0 Å². The van der Waals surface area contributed by atoms with Gasteiger partial charge in [0, 0.05) is 37.9 Å². The van der Waals surface area contributed by atoms with Gasteiger partial charge < -0.3 is 10.0 Å².